The van der Waals surface area contributed by atoms with Gasteiger partial charge in [-0.3, -0.25) is 9.69 Å². The zero-order chi connectivity index (χ0) is 24.9. The van der Waals surface area contributed by atoms with Crippen molar-refractivity contribution < 1.29 is 29.0 Å². The maximum absolute atomic E-state index is 14.0. The van der Waals surface area contributed by atoms with Crippen LogP contribution in [0.5, 0.6) is 0 Å². The van der Waals surface area contributed by atoms with E-state index in [1.54, 1.807) is 67.1 Å². The number of nitrogens with zero attached hydrogens (tertiary/aromatic N) is 3. The van der Waals surface area contributed by atoms with Crippen molar-refractivity contribution in [3.05, 3.63) is 69.9 Å². The van der Waals surface area contributed by atoms with Crippen molar-refractivity contribution in [3.8, 4) is 0 Å². The van der Waals surface area contributed by atoms with Gasteiger partial charge in [0, 0.05) is 29.4 Å². The minimum absolute atomic E-state index is 0.00709. The molecule has 9 nitrogen and oxygen atoms in total. The highest BCUT2D eigenvalue weighted by molar-refractivity contribution is 7.49. The number of aliphatic carboxylic acids is 1. The molecular weight excluding hydrogens is 497 g/mol. The van der Waals surface area contributed by atoms with E-state index in [-0.39, 0.29) is 18.1 Å². The van der Waals surface area contributed by atoms with E-state index in [4.69, 9.17) is 0 Å². The quantitative estimate of drug-likeness (QED) is 0.323. The van der Waals surface area contributed by atoms with Crippen molar-refractivity contribution in [1.29, 1.82) is 0 Å². The molecule has 3 N–H and O–H groups in total. The average molecular weight is 524 g/mol. The van der Waals surface area contributed by atoms with E-state index in [1.165, 1.54) is 17.5 Å². The lowest BCUT2D eigenvalue weighted by molar-refractivity contribution is -0.140. The van der Waals surface area contributed by atoms with Crippen LogP contribution in [0.1, 0.15) is 24.3 Å². The summed E-state index contributed by atoms with van der Waals surface area (Å²) in [5.41, 5.74) is 0.704. The zero-order valence-corrected chi connectivity index (χ0v) is 21.1. The number of anilines is 1. The molecule has 34 heavy (non-hydrogen) atoms. The molecule has 2 atom stereocenters. The lowest BCUT2D eigenvalue weighted by atomic mass is 9.99. The van der Waals surface area contributed by atoms with Crippen molar-refractivity contribution in [2.24, 2.45) is 5.92 Å². The van der Waals surface area contributed by atoms with Crippen molar-refractivity contribution in [1.82, 2.24) is 9.65 Å². The van der Waals surface area contributed by atoms with Gasteiger partial charge in [0.15, 0.2) is 5.13 Å². The molecule has 1 amide bonds. The van der Waals surface area contributed by atoms with Crippen molar-refractivity contribution in [2.45, 2.75) is 38.9 Å². The van der Waals surface area contributed by atoms with E-state index < -0.39 is 37.6 Å². The Bertz CT molecular complexity index is 1120. The number of rotatable bonds is 11. The first kappa shape index (κ1) is 26.2. The molecule has 0 fully saturated rings. The molecule has 2 aromatic heterocycles. The Morgan fingerprint density at radius 3 is 2.26 bits per heavy atom. The van der Waals surface area contributed by atoms with Crippen LogP contribution in [0.15, 0.2) is 59.4 Å². The van der Waals surface area contributed by atoms with Gasteiger partial charge < -0.3 is 14.9 Å². The molecule has 0 saturated heterocycles. The number of hydrogen-bond donors (Lipinski definition) is 3. The van der Waals surface area contributed by atoms with E-state index in [0.29, 0.717) is 10.4 Å². The van der Waals surface area contributed by atoms with Gasteiger partial charge in [-0.05, 0) is 22.9 Å². The van der Waals surface area contributed by atoms with E-state index in [1.807, 2.05) is 0 Å². The number of thiophene rings is 1. The zero-order valence-electron chi connectivity index (χ0n) is 18.6. The molecule has 0 radical (unpaired) electrons. The van der Waals surface area contributed by atoms with E-state index in [2.05, 4.69) is 4.98 Å². The predicted molar refractivity (Wildman–Crippen MR) is 132 cm³/mol. The molecule has 0 aliphatic heterocycles. The lowest BCUT2D eigenvalue weighted by Crippen LogP contribution is -2.55. The van der Waals surface area contributed by atoms with Crippen molar-refractivity contribution in [3.63, 3.8) is 0 Å². The standard InChI is InChI=1S/C22H26N3O6PS2/c1-15(2)19(24(32(29,30)31)14-17-9-6-11-33-17)20(26)25(22-23-10-12-34-22)18(21(27)28)13-16-7-4-3-5-8-16/h3-12,15,18-19H,13-14H2,1-2H3,(H,27,28)(H2,29,30,31). The largest absolute Gasteiger partial charge is 0.480 e. The second-order valence-corrected chi connectivity index (χ2v) is 11.4. The molecule has 0 bridgehead atoms. The Labute approximate surface area is 205 Å². The van der Waals surface area contributed by atoms with Crippen LogP contribution in [0.3, 0.4) is 0 Å². The van der Waals surface area contributed by atoms with Gasteiger partial charge >= 0.3 is 13.7 Å². The van der Waals surface area contributed by atoms with Gasteiger partial charge in [-0.15, -0.1) is 22.7 Å². The van der Waals surface area contributed by atoms with Gasteiger partial charge in [0.05, 0.1) is 0 Å². The molecule has 1 aromatic carbocycles. The summed E-state index contributed by atoms with van der Waals surface area (Å²) in [5, 5.41) is 13.6. The number of carbonyl (C=O) groups is 2. The monoisotopic (exact) mass is 523 g/mol. The Morgan fingerprint density at radius 2 is 1.76 bits per heavy atom. The van der Waals surface area contributed by atoms with Crippen LogP contribution in [0.25, 0.3) is 0 Å². The second kappa shape index (κ2) is 11.4. The first-order chi connectivity index (χ1) is 16.1. The van der Waals surface area contributed by atoms with E-state index >= 15 is 0 Å². The molecule has 0 aliphatic rings. The molecular formula is C22H26N3O6PS2. The first-order valence-corrected chi connectivity index (χ1v) is 13.8. The van der Waals surface area contributed by atoms with Crippen molar-refractivity contribution in [2.75, 3.05) is 4.90 Å². The average Bonchev–Trinajstić information content (AvgIpc) is 3.47. The molecule has 12 heteroatoms. The maximum atomic E-state index is 14.0. The minimum atomic E-state index is -4.89. The van der Waals surface area contributed by atoms with Crippen LogP contribution >= 0.6 is 30.4 Å². The number of amides is 1. The summed E-state index contributed by atoms with van der Waals surface area (Å²) in [7, 11) is -4.89. The number of carbonyl (C=O) groups excluding carboxylic acids is 1. The van der Waals surface area contributed by atoms with Gasteiger partial charge in [0.25, 0.3) is 0 Å². The fourth-order valence-corrected chi connectivity index (χ4v) is 6.18. The Balaban J connectivity index is 2.06. The molecule has 2 heterocycles. The Kier molecular flexibility index (Phi) is 8.75. The Morgan fingerprint density at radius 1 is 1.06 bits per heavy atom. The van der Waals surface area contributed by atoms with Gasteiger partial charge in [0.2, 0.25) is 5.91 Å². The minimum Gasteiger partial charge on any atom is -0.480 e. The fraction of sp³-hybridized carbons (Fsp3) is 0.318. The molecule has 0 spiro atoms. The summed E-state index contributed by atoms with van der Waals surface area (Å²) in [6.07, 6.45) is 1.46. The molecule has 0 saturated carbocycles. The summed E-state index contributed by atoms with van der Waals surface area (Å²) < 4.78 is 13.4. The number of benzene rings is 1. The predicted octanol–water partition coefficient (Wildman–Crippen LogP) is 3.85. The molecule has 3 aromatic rings. The molecule has 0 aliphatic carbocycles. The van der Waals surface area contributed by atoms with Gasteiger partial charge in [-0.1, -0.05) is 50.2 Å². The summed E-state index contributed by atoms with van der Waals surface area (Å²) in [5.74, 6) is -2.50. The van der Waals surface area contributed by atoms with E-state index in [9.17, 15) is 29.0 Å². The smallest absolute Gasteiger partial charge is 0.404 e. The summed E-state index contributed by atoms with van der Waals surface area (Å²) in [4.78, 5) is 52.6. The number of carboxylic acid groups (broad SMARTS) is 1. The molecule has 3 rings (SSSR count). The SMILES string of the molecule is CC(C)C(C(=O)N(c1nccs1)C(Cc1ccccc1)C(=O)O)N(Cc1cccs1)P(=O)(O)O. The summed E-state index contributed by atoms with van der Waals surface area (Å²) in [6.45, 7) is 3.19. The molecule has 2 unspecified atom stereocenters. The van der Waals surface area contributed by atoms with Gasteiger partial charge in [-0.2, -0.15) is 4.67 Å². The third-order valence-corrected chi connectivity index (χ3v) is 7.86. The Hall–Kier alpha value is -2.40. The van der Waals surface area contributed by atoms with E-state index in [0.717, 1.165) is 20.9 Å². The van der Waals surface area contributed by atoms with Gasteiger partial charge in [-0.25, -0.2) is 14.3 Å². The second-order valence-electron chi connectivity index (χ2n) is 7.95. The third kappa shape index (κ3) is 6.38. The highest BCUT2D eigenvalue weighted by Crippen LogP contribution is 2.45. The van der Waals surface area contributed by atoms with Crippen LogP contribution in [0.2, 0.25) is 0 Å². The fourth-order valence-electron chi connectivity index (χ4n) is 3.66. The topological polar surface area (TPSA) is 131 Å². The number of aromatic nitrogens is 1. The highest BCUT2D eigenvalue weighted by Gasteiger charge is 2.44. The maximum Gasteiger partial charge on any atom is 0.404 e. The first-order valence-electron chi connectivity index (χ1n) is 10.4. The molecule has 182 valence electrons. The normalized spacial score (nSPS) is 13.7. The summed E-state index contributed by atoms with van der Waals surface area (Å²) in [6, 6.07) is 9.76. The number of carboxylic acids is 1. The number of hydrogen-bond acceptors (Lipinski definition) is 6. The third-order valence-electron chi connectivity index (χ3n) is 5.17. The summed E-state index contributed by atoms with van der Waals surface area (Å²) >= 11 is 2.40. The highest BCUT2D eigenvalue weighted by atomic mass is 32.1. The lowest BCUT2D eigenvalue weighted by Gasteiger charge is -2.37. The van der Waals surface area contributed by atoms with Crippen molar-refractivity contribution >= 4 is 47.4 Å². The van der Waals surface area contributed by atoms with Crippen LogP contribution in [0.4, 0.5) is 5.13 Å². The van der Waals surface area contributed by atoms with Gasteiger partial charge in [0.1, 0.15) is 12.1 Å². The van der Waals surface area contributed by atoms with Crippen LogP contribution in [0, 0.1) is 5.92 Å². The van der Waals surface area contributed by atoms with Crippen LogP contribution in [-0.4, -0.2) is 48.5 Å². The number of thiazole rings is 1. The van der Waals surface area contributed by atoms with Crippen LogP contribution < -0.4 is 4.90 Å². The van der Waals surface area contributed by atoms with Crippen LogP contribution in [-0.2, 0) is 27.1 Å².